The van der Waals surface area contributed by atoms with Gasteiger partial charge < -0.3 is 14.6 Å². The summed E-state index contributed by atoms with van der Waals surface area (Å²) in [5, 5.41) is 19.3. The lowest BCUT2D eigenvalue weighted by Gasteiger charge is -2.03. The summed E-state index contributed by atoms with van der Waals surface area (Å²) in [7, 11) is 0. The molecule has 5 heteroatoms. The van der Waals surface area contributed by atoms with E-state index in [-0.39, 0.29) is 23.3 Å². The Balaban J connectivity index is 2.65. The van der Waals surface area contributed by atoms with Gasteiger partial charge in [-0.15, -0.1) is 0 Å². The van der Waals surface area contributed by atoms with Gasteiger partial charge in [-0.1, -0.05) is 11.6 Å². The first-order chi connectivity index (χ1) is 7.09. The molecule has 1 heterocycles. The standard InChI is InChI=1S/C10H7ClO4/c11-7-3-5(4-8(12)13)9(14)10-6(7)1-2-15-10/h1-3,14H,4H2,(H,12,13). The second-order valence-corrected chi connectivity index (χ2v) is 3.51. The fourth-order valence-corrected chi connectivity index (χ4v) is 1.70. The Morgan fingerprint density at radius 3 is 2.93 bits per heavy atom. The fourth-order valence-electron chi connectivity index (χ4n) is 1.42. The van der Waals surface area contributed by atoms with Crippen LogP contribution in [0.3, 0.4) is 0 Å². The largest absolute Gasteiger partial charge is 0.504 e. The molecule has 2 N–H and O–H groups in total. The highest BCUT2D eigenvalue weighted by Gasteiger charge is 2.14. The van der Waals surface area contributed by atoms with E-state index in [9.17, 15) is 9.90 Å². The molecule has 0 fully saturated rings. The maximum atomic E-state index is 10.5. The van der Waals surface area contributed by atoms with Crippen molar-refractivity contribution in [1.29, 1.82) is 0 Å². The minimum Gasteiger partial charge on any atom is -0.504 e. The van der Waals surface area contributed by atoms with Gasteiger partial charge in [0.05, 0.1) is 17.7 Å². The predicted octanol–water partition coefficient (Wildman–Crippen LogP) is 2.42. The third-order valence-corrected chi connectivity index (χ3v) is 2.40. The van der Waals surface area contributed by atoms with Gasteiger partial charge in [0.2, 0.25) is 0 Å². The lowest BCUT2D eigenvalue weighted by atomic mass is 10.1. The van der Waals surface area contributed by atoms with Gasteiger partial charge in [-0.2, -0.15) is 0 Å². The zero-order valence-electron chi connectivity index (χ0n) is 7.53. The summed E-state index contributed by atoms with van der Waals surface area (Å²) in [6, 6.07) is 3.05. The second-order valence-electron chi connectivity index (χ2n) is 3.10. The van der Waals surface area contributed by atoms with Crippen LogP contribution in [0.2, 0.25) is 5.02 Å². The Kier molecular flexibility index (Phi) is 2.28. The molecule has 0 aliphatic rings. The zero-order valence-corrected chi connectivity index (χ0v) is 8.28. The number of aliphatic carboxylic acids is 1. The molecule has 15 heavy (non-hydrogen) atoms. The number of rotatable bonds is 2. The Hall–Kier alpha value is -1.68. The van der Waals surface area contributed by atoms with Crippen LogP contribution >= 0.6 is 11.6 Å². The first-order valence-electron chi connectivity index (χ1n) is 4.19. The van der Waals surface area contributed by atoms with Crippen molar-refractivity contribution in [3.05, 3.63) is 29.0 Å². The number of carboxylic acid groups (broad SMARTS) is 1. The molecule has 0 atom stereocenters. The van der Waals surface area contributed by atoms with Gasteiger partial charge in [0.15, 0.2) is 11.3 Å². The van der Waals surface area contributed by atoms with Gasteiger partial charge in [-0.05, 0) is 12.1 Å². The number of phenolic OH excluding ortho intramolecular Hbond substituents is 1. The number of halogens is 1. The number of carboxylic acids is 1. The first kappa shape index (κ1) is 9.86. The lowest BCUT2D eigenvalue weighted by Crippen LogP contribution is -2.00. The van der Waals surface area contributed by atoms with Gasteiger partial charge in [0.25, 0.3) is 0 Å². The fraction of sp³-hybridized carbons (Fsp3) is 0.100. The monoisotopic (exact) mass is 226 g/mol. The molecule has 0 bridgehead atoms. The lowest BCUT2D eigenvalue weighted by molar-refractivity contribution is -0.136. The quantitative estimate of drug-likeness (QED) is 0.825. The van der Waals surface area contributed by atoms with Crippen LogP contribution in [-0.4, -0.2) is 16.2 Å². The average Bonchev–Trinajstić information content (AvgIpc) is 2.61. The van der Waals surface area contributed by atoms with Crippen molar-refractivity contribution in [2.24, 2.45) is 0 Å². The number of carbonyl (C=O) groups is 1. The van der Waals surface area contributed by atoms with Crippen LogP contribution in [0.1, 0.15) is 5.56 Å². The number of fused-ring (bicyclic) bond motifs is 1. The first-order valence-corrected chi connectivity index (χ1v) is 4.56. The number of phenols is 1. The number of benzene rings is 1. The normalized spacial score (nSPS) is 10.7. The molecule has 0 amide bonds. The highest BCUT2D eigenvalue weighted by molar-refractivity contribution is 6.35. The smallest absolute Gasteiger partial charge is 0.307 e. The van der Waals surface area contributed by atoms with Crippen LogP contribution in [0.5, 0.6) is 5.75 Å². The molecule has 0 radical (unpaired) electrons. The number of hydrogen-bond donors (Lipinski definition) is 2. The molecule has 2 aromatic rings. The molecule has 0 aliphatic carbocycles. The maximum Gasteiger partial charge on any atom is 0.307 e. The average molecular weight is 227 g/mol. The van der Waals surface area contributed by atoms with Gasteiger partial charge in [-0.25, -0.2) is 0 Å². The van der Waals surface area contributed by atoms with Crippen LogP contribution in [0.4, 0.5) is 0 Å². The van der Waals surface area contributed by atoms with Crippen LogP contribution in [0.25, 0.3) is 11.0 Å². The third kappa shape index (κ3) is 1.64. The molecule has 0 aliphatic heterocycles. The minimum atomic E-state index is -1.03. The van der Waals surface area contributed by atoms with Crippen molar-refractivity contribution in [3.8, 4) is 5.75 Å². The van der Waals surface area contributed by atoms with E-state index in [0.717, 1.165) is 0 Å². The molecule has 0 spiro atoms. The van der Waals surface area contributed by atoms with Gasteiger partial charge in [0.1, 0.15) is 0 Å². The van der Waals surface area contributed by atoms with E-state index in [2.05, 4.69) is 0 Å². The Morgan fingerprint density at radius 2 is 2.27 bits per heavy atom. The predicted molar refractivity (Wildman–Crippen MR) is 54.2 cm³/mol. The topological polar surface area (TPSA) is 70.7 Å². The van der Waals surface area contributed by atoms with E-state index in [0.29, 0.717) is 10.4 Å². The van der Waals surface area contributed by atoms with Crippen LogP contribution in [-0.2, 0) is 11.2 Å². The van der Waals surface area contributed by atoms with Crippen molar-refractivity contribution in [1.82, 2.24) is 0 Å². The summed E-state index contributed by atoms with van der Waals surface area (Å²) in [4.78, 5) is 10.5. The van der Waals surface area contributed by atoms with Gasteiger partial charge >= 0.3 is 5.97 Å². The molecule has 2 rings (SSSR count). The van der Waals surface area contributed by atoms with Crippen LogP contribution in [0, 0.1) is 0 Å². The summed E-state index contributed by atoms with van der Waals surface area (Å²) in [5.74, 6) is -1.20. The van der Waals surface area contributed by atoms with E-state index in [1.54, 1.807) is 6.07 Å². The van der Waals surface area contributed by atoms with Crippen LogP contribution < -0.4 is 0 Å². The van der Waals surface area contributed by atoms with Crippen molar-refractivity contribution >= 4 is 28.5 Å². The minimum absolute atomic E-state index is 0.165. The molecule has 0 saturated heterocycles. The van der Waals surface area contributed by atoms with Crippen LogP contribution in [0.15, 0.2) is 22.8 Å². The number of hydrogen-bond acceptors (Lipinski definition) is 3. The molecule has 0 saturated carbocycles. The molecule has 0 unspecified atom stereocenters. The van der Waals surface area contributed by atoms with E-state index >= 15 is 0 Å². The summed E-state index contributed by atoms with van der Waals surface area (Å²) in [5.41, 5.74) is 0.466. The zero-order chi connectivity index (χ0) is 11.0. The van der Waals surface area contributed by atoms with E-state index in [1.807, 2.05) is 0 Å². The van der Waals surface area contributed by atoms with E-state index < -0.39 is 5.97 Å². The SMILES string of the molecule is O=C(O)Cc1cc(Cl)c2ccoc2c1O. The molecular weight excluding hydrogens is 220 g/mol. The summed E-state index contributed by atoms with van der Waals surface area (Å²) in [6.07, 6.45) is 1.10. The van der Waals surface area contributed by atoms with Crippen molar-refractivity contribution < 1.29 is 19.4 Å². The number of aromatic hydroxyl groups is 1. The van der Waals surface area contributed by atoms with Crippen molar-refractivity contribution in [2.45, 2.75) is 6.42 Å². The second kappa shape index (κ2) is 3.47. The number of furan rings is 1. The Bertz CT molecular complexity index is 529. The summed E-state index contributed by atoms with van der Waals surface area (Å²) >= 11 is 5.89. The third-order valence-electron chi connectivity index (χ3n) is 2.08. The molecule has 78 valence electrons. The molecule has 1 aromatic heterocycles. The van der Waals surface area contributed by atoms with Gasteiger partial charge in [-0.3, -0.25) is 4.79 Å². The van der Waals surface area contributed by atoms with Crippen molar-refractivity contribution in [3.63, 3.8) is 0 Å². The summed E-state index contributed by atoms with van der Waals surface area (Å²) < 4.78 is 5.02. The van der Waals surface area contributed by atoms with Gasteiger partial charge in [0, 0.05) is 10.9 Å². The van der Waals surface area contributed by atoms with E-state index in [4.69, 9.17) is 21.1 Å². The maximum absolute atomic E-state index is 10.5. The summed E-state index contributed by atoms with van der Waals surface area (Å²) in [6.45, 7) is 0. The highest BCUT2D eigenvalue weighted by Crippen LogP contribution is 2.35. The van der Waals surface area contributed by atoms with E-state index in [1.165, 1.54) is 12.3 Å². The van der Waals surface area contributed by atoms with Crippen molar-refractivity contribution in [2.75, 3.05) is 0 Å². The molecule has 4 nitrogen and oxygen atoms in total. The Morgan fingerprint density at radius 1 is 1.53 bits per heavy atom. The highest BCUT2D eigenvalue weighted by atomic mass is 35.5. The molecule has 1 aromatic carbocycles. The molecular formula is C10H7ClO4. The Labute approximate surface area is 89.7 Å².